The Labute approximate surface area is 143 Å². The molecule has 23 heavy (non-hydrogen) atoms. The summed E-state index contributed by atoms with van der Waals surface area (Å²) in [5.74, 6) is 4.66. The molecule has 0 fully saturated rings. The normalized spacial score (nSPS) is 10.7. The Hall–Kier alpha value is -1.96. The summed E-state index contributed by atoms with van der Waals surface area (Å²) >= 11 is 5.98. The van der Waals surface area contributed by atoms with Crippen LogP contribution in [0.15, 0.2) is 36.5 Å². The molecule has 5 heteroatoms. The Morgan fingerprint density at radius 1 is 1.17 bits per heavy atom. The SMILES string of the molecule is COc1ccc(COc2cc(Cl)ncc2C#C[Si](C)(C)C)cc1. The Kier molecular flexibility index (Phi) is 5.70. The van der Waals surface area contributed by atoms with Crippen molar-refractivity contribution in [2.75, 3.05) is 7.11 Å². The van der Waals surface area contributed by atoms with E-state index in [1.165, 1.54) is 0 Å². The van der Waals surface area contributed by atoms with E-state index in [9.17, 15) is 0 Å². The van der Waals surface area contributed by atoms with E-state index in [2.05, 4.69) is 36.1 Å². The van der Waals surface area contributed by atoms with Crippen molar-refractivity contribution >= 4 is 19.7 Å². The number of methoxy groups -OCH3 is 1. The van der Waals surface area contributed by atoms with Gasteiger partial charge in [0.25, 0.3) is 0 Å². The highest BCUT2D eigenvalue weighted by molar-refractivity contribution is 6.83. The van der Waals surface area contributed by atoms with Crippen molar-refractivity contribution in [2.45, 2.75) is 26.2 Å². The molecule has 0 aliphatic carbocycles. The molecule has 0 unspecified atom stereocenters. The van der Waals surface area contributed by atoms with Crippen LogP contribution in [0.25, 0.3) is 0 Å². The number of pyridine rings is 1. The number of hydrogen-bond acceptors (Lipinski definition) is 3. The molecule has 0 radical (unpaired) electrons. The van der Waals surface area contributed by atoms with E-state index in [4.69, 9.17) is 21.1 Å². The predicted octanol–water partition coefficient (Wildman–Crippen LogP) is 4.55. The minimum Gasteiger partial charge on any atom is -0.497 e. The summed E-state index contributed by atoms with van der Waals surface area (Å²) in [7, 11) is 0.181. The van der Waals surface area contributed by atoms with Crippen LogP contribution in [0.1, 0.15) is 11.1 Å². The van der Waals surface area contributed by atoms with E-state index < -0.39 is 8.07 Å². The van der Waals surface area contributed by atoms with Crippen LogP contribution in [0.5, 0.6) is 11.5 Å². The zero-order chi connectivity index (χ0) is 16.9. The number of halogens is 1. The Balaban J connectivity index is 2.17. The molecule has 3 nitrogen and oxygen atoms in total. The van der Waals surface area contributed by atoms with Gasteiger partial charge in [-0.15, -0.1) is 5.54 Å². The highest BCUT2D eigenvalue weighted by atomic mass is 35.5. The minimum atomic E-state index is -1.47. The molecule has 0 atom stereocenters. The average Bonchev–Trinajstić information content (AvgIpc) is 2.51. The lowest BCUT2D eigenvalue weighted by molar-refractivity contribution is 0.305. The standard InChI is InChI=1S/C18H20ClNO2Si/c1-21-16-7-5-14(6-8-16)13-22-17-11-18(19)20-12-15(17)9-10-23(2,3)4/h5-8,11-12H,13H2,1-4H3. The van der Waals surface area contributed by atoms with E-state index >= 15 is 0 Å². The van der Waals surface area contributed by atoms with Gasteiger partial charge in [-0.3, -0.25) is 0 Å². The highest BCUT2D eigenvalue weighted by Gasteiger charge is 2.09. The molecule has 1 aromatic carbocycles. The fraction of sp³-hybridized carbons (Fsp3) is 0.278. The molecule has 0 saturated heterocycles. The highest BCUT2D eigenvalue weighted by Crippen LogP contribution is 2.22. The summed E-state index contributed by atoms with van der Waals surface area (Å²) in [6.45, 7) is 7.02. The molecule has 2 aromatic rings. The third-order valence-electron chi connectivity index (χ3n) is 2.96. The van der Waals surface area contributed by atoms with E-state index in [1.54, 1.807) is 19.4 Å². The molecule has 0 saturated carbocycles. The number of hydrogen-bond donors (Lipinski definition) is 0. The van der Waals surface area contributed by atoms with Crippen LogP contribution >= 0.6 is 11.6 Å². The van der Waals surface area contributed by atoms with Gasteiger partial charge in [-0.25, -0.2) is 4.98 Å². The summed E-state index contributed by atoms with van der Waals surface area (Å²) < 4.78 is 11.0. The van der Waals surface area contributed by atoms with Gasteiger partial charge in [-0.1, -0.05) is 49.3 Å². The van der Waals surface area contributed by atoms with E-state index in [1.807, 2.05) is 24.3 Å². The fourth-order valence-electron chi connectivity index (χ4n) is 1.76. The second-order valence-corrected chi connectivity index (χ2v) is 11.3. The maximum Gasteiger partial charge on any atom is 0.140 e. The van der Waals surface area contributed by atoms with Crippen LogP contribution < -0.4 is 9.47 Å². The van der Waals surface area contributed by atoms with Gasteiger partial charge in [0.05, 0.1) is 12.7 Å². The molecule has 2 rings (SSSR count). The van der Waals surface area contributed by atoms with Crippen LogP contribution in [-0.4, -0.2) is 20.2 Å². The molecule has 0 aliphatic heterocycles. The maximum atomic E-state index is 5.98. The minimum absolute atomic E-state index is 0.397. The van der Waals surface area contributed by atoms with Gasteiger partial charge in [0.1, 0.15) is 31.3 Å². The first-order valence-corrected chi connectivity index (χ1v) is 11.2. The van der Waals surface area contributed by atoms with Crippen LogP contribution in [0.4, 0.5) is 0 Å². The molecule has 1 aromatic heterocycles. The molecular weight excluding hydrogens is 326 g/mol. The lowest BCUT2D eigenvalue weighted by Gasteiger charge is -2.10. The van der Waals surface area contributed by atoms with Crippen LogP contribution in [0.3, 0.4) is 0 Å². The predicted molar refractivity (Wildman–Crippen MR) is 96.8 cm³/mol. The number of aromatic nitrogens is 1. The Bertz CT molecular complexity index is 727. The molecule has 0 bridgehead atoms. The molecule has 120 valence electrons. The van der Waals surface area contributed by atoms with Gasteiger partial charge < -0.3 is 9.47 Å². The van der Waals surface area contributed by atoms with Crippen molar-refractivity contribution in [3.05, 3.63) is 52.8 Å². The zero-order valence-corrected chi connectivity index (χ0v) is 15.6. The van der Waals surface area contributed by atoms with Gasteiger partial charge in [0.15, 0.2) is 0 Å². The molecule has 0 amide bonds. The largest absolute Gasteiger partial charge is 0.497 e. The van der Waals surface area contributed by atoms with Crippen LogP contribution in [-0.2, 0) is 6.61 Å². The van der Waals surface area contributed by atoms with Crippen LogP contribution in [0.2, 0.25) is 24.8 Å². The van der Waals surface area contributed by atoms with Crippen molar-refractivity contribution in [1.82, 2.24) is 4.98 Å². The van der Waals surface area contributed by atoms with Crippen LogP contribution in [0, 0.1) is 11.5 Å². The summed E-state index contributed by atoms with van der Waals surface area (Å²) in [6, 6.07) is 9.46. The zero-order valence-electron chi connectivity index (χ0n) is 13.8. The molecule has 0 N–H and O–H groups in total. The smallest absolute Gasteiger partial charge is 0.140 e. The van der Waals surface area contributed by atoms with Gasteiger partial charge >= 0.3 is 0 Å². The average molecular weight is 346 g/mol. The molecular formula is C18H20ClNO2Si. The van der Waals surface area contributed by atoms with E-state index in [-0.39, 0.29) is 0 Å². The van der Waals surface area contributed by atoms with Gasteiger partial charge in [0, 0.05) is 12.3 Å². The van der Waals surface area contributed by atoms with E-state index in [0.717, 1.165) is 16.9 Å². The summed E-state index contributed by atoms with van der Waals surface area (Å²) in [5, 5.41) is 0.397. The van der Waals surface area contributed by atoms with Crippen molar-refractivity contribution in [1.29, 1.82) is 0 Å². The maximum absolute atomic E-state index is 5.98. The van der Waals surface area contributed by atoms with E-state index in [0.29, 0.717) is 17.5 Å². The lowest BCUT2D eigenvalue weighted by atomic mass is 10.2. The van der Waals surface area contributed by atoms with Gasteiger partial charge in [-0.2, -0.15) is 0 Å². The number of benzene rings is 1. The Morgan fingerprint density at radius 2 is 1.87 bits per heavy atom. The third kappa shape index (κ3) is 5.63. The monoisotopic (exact) mass is 345 g/mol. The van der Waals surface area contributed by atoms with Crippen molar-refractivity contribution in [3.8, 4) is 23.0 Å². The first-order chi connectivity index (χ1) is 10.9. The van der Waals surface area contributed by atoms with Crippen molar-refractivity contribution in [2.24, 2.45) is 0 Å². The quantitative estimate of drug-likeness (QED) is 0.462. The first-order valence-electron chi connectivity index (χ1n) is 7.32. The molecule has 0 spiro atoms. The topological polar surface area (TPSA) is 31.4 Å². The fourth-order valence-corrected chi connectivity index (χ4v) is 2.42. The summed E-state index contributed by atoms with van der Waals surface area (Å²) in [4.78, 5) is 4.10. The molecule has 0 aliphatic rings. The molecule has 1 heterocycles. The number of ether oxygens (including phenoxy) is 2. The second kappa shape index (κ2) is 7.54. The number of rotatable bonds is 4. The first kappa shape index (κ1) is 17.4. The second-order valence-electron chi connectivity index (χ2n) is 6.14. The van der Waals surface area contributed by atoms with Gasteiger partial charge in [-0.05, 0) is 17.7 Å². The summed E-state index contributed by atoms with van der Waals surface area (Å²) in [6.07, 6.45) is 1.67. The lowest BCUT2D eigenvalue weighted by Crippen LogP contribution is -2.16. The summed E-state index contributed by atoms with van der Waals surface area (Å²) in [5.41, 5.74) is 5.13. The van der Waals surface area contributed by atoms with Crippen molar-refractivity contribution < 1.29 is 9.47 Å². The third-order valence-corrected chi connectivity index (χ3v) is 4.04. The Morgan fingerprint density at radius 3 is 2.48 bits per heavy atom. The van der Waals surface area contributed by atoms with Gasteiger partial charge in [0.2, 0.25) is 0 Å². The number of nitrogens with zero attached hydrogens (tertiary/aromatic N) is 1. The van der Waals surface area contributed by atoms with Crippen molar-refractivity contribution in [3.63, 3.8) is 0 Å².